The summed E-state index contributed by atoms with van der Waals surface area (Å²) in [6.45, 7) is 0. The minimum Gasteiger partial charge on any atom is -0.507 e. The van der Waals surface area contributed by atoms with Crippen LogP contribution in [-0.2, 0) is 6.42 Å². The molecule has 3 aliphatic rings. The van der Waals surface area contributed by atoms with Crippen molar-refractivity contribution in [1.82, 2.24) is 4.57 Å². The van der Waals surface area contributed by atoms with E-state index in [0.717, 1.165) is 29.3 Å². The van der Waals surface area contributed by atoms with Crippen LogP contribution in [0.15, 0.2) is 18.2 Å². The van der Waals surface area contributed by atoms with Crippen LogP contribution in [0.25, 0.3) is 10.9 Å². The van der Waals surface area contributed by atoms with Crippen LogP contribution in [0.4, 0.5) is 0 Å². The molecular formula is C18H21ClN2O2. The summed E-state index contributed by atoms with van der Waals surface area (Å²) in [7, 11) is 0. The molecule has 0 unspecified atom stereocenters. The molecule has 2 aromatic rings. The molecule has 0 amide bonds. The highest BCUT2D eigenvalue weighted by Gasteiger charge is 2.48. The Morgan fingerprint density at radius 2 is 2.04 bits per heavy atom. The number of nitrogens with two attached hydrogens (primary N) is 1. The van der Waals surface area contributed by atoms with Crippen molar-refractivity contribution in [2.24, 2.45) is 17.6 Å². The number of hydrogen-bond donors (Lipinski definition) is 2. The van der Waals surface area contributed by atoms with Crippen molar-refractivity contribution in [2.45, 2.75) is 44.1 Å². The Balaban J connectivity index is 0.00000135. The van der Waals surface area contributed by atoms with Gasteiger partial charge in [0.25, 0.3) is 0 Å². The van der Waals surface area contributed by atoms with Gasteiger partial charge in [-0.25, -0.2) is 0 Å². The van der Waals surface area contributed by atoms with Gasteiger partial charge in [0.2, 0.25) is 5.91 Å². The third kappa shape index (κ3) is 1.79. The summed E-state index contributed by atoms with van der Waals surface area (Å²) in [4.78, 5) is 12.7. The average molecular weight is 333 g/mol. The van der Waals surface area contributed by atoms with E-state index >= 15 is 0 Å². The quantitative estimate of drug-likeness (QED) is 0.778. The summed E-state index contributed by atoms with van der Waals surface area (Å²) in [5, 5.41) is 11.2. The van der Waals surface area contributed by atoms with E-state index in [1.54, 1.807) is 6.07 Å². The van der Waals surface area contributed by atoms with E-state index in [0.29, 0.717) is 24.2 Å². The molecule has 2 aliphatic carbocycles. The first-order valence-corrected chi connectivity index (χ1v) is 8.30. The summed E-state index contributed by atoms with van der Waals surface area (Å²) in [5.41, 5.74) is 9.66. The predicted molar refractivity (Wildman–Crippen MR) is 91.3 cm³/mol. The number of aromatic nitrogens is 1. The van der Waals surface area contributed by atoms with Gasteiger partial charge in [-0.1, -0.05) is 12.5 Å². The fourth-order valence-electron chi connectivity index (χ4n) is 5.40. The predicted octanol–water partition coefficient (Wildman–Crippen LogP) is 3.20. The fraction of sp³-hybridized carbons (Fsp3) is 0.500. The van der Waals surface area contributed by atoms with Gasteiger partial charge in [-0.3, -0.25) is 9.36 Å². The zero-order valence-electron chi connectivity index (χ0n) is 12.9. The molecule has 5 heteroatoms. The number of phenols is 1. The van der Waals surface area contributed by atoms with E-state index < -0.39 is 0 Å². The van der Waals surface area contributed by atoms with Gasteiger partial charge < -0.3 is 10.8 Å². The number of rotatable bonds is 0. The zero-order chi connectivity index (χ0) is 15.0. The standard InChI is InChI=1S/C18H20N2O2.ClH/c19-12-8-11-17-13(5-2-6-14(17)21)20-15(22)7-9-3-1-4-10(12)16(9)18(11)20;/h2,5-6,9-10,12,16,21H,1,3-4,7-8,19H2;1H/t9-,10+,12-,16+;/m1./s1. The summed E-state index contributed by atoms with van der Waals surface area (Å²) in [5.74, 6) is 1.80. The number of carbonyl (C=O) groups is 1. The maximum Gasteiger partial charge on any atom is 0.231 e. The first kappa shape index (κ1) is 15.0. The van der Waals surface area contributed by atoms with Gasteiger partial charge in [-0.2, -0.15) is 0 Å². The van der Waals surface area contributed by atoms with E-state index in [9.17, 15) is 9.90 Å². The molecule has 0 spiro atoms. The number of carbonyl (C=O) groups excluding carboxylic acids is 1. The number of phenolic OH excluding ortho intramolecular Hbond substituents is 1. The van der Waals surface area contributed by atoms with Crippen LogP contribution in [0.3, 0.4) is 0 Å². The number of halogens is 1. The lowest BCUT2D eigenvalue weighted by molar-refractivity contribution is 0.0748. The highest BCUT2D eigenvalue weighted by molar-refractivity contribution is 6.00. The van der Waals surface area contributed by atoms with Gasteiger partial charge in [0.1, 0.15) is 5.75 Å². The summed E-state index contributed by atoms with van der Waals surface area (Å²) in [6.07, 6.45) is 4.89. The minimum atomic E-state index is 0. The Hall–Kier alpha value is -1.52. The van der Waals surface area contributed by atoms with Crippen molar-refractivity contribution >= 4 is 29.2 Å². The largest absolute Gasteiger partial charge is 0.507 e. The van der Waals surface area contributed by atoms with Crippen LogP contribution in [0.2, 0.25) is 0 Å². The highest BCUT2D eigenvalue weighted by Crippen LogP contribution is 2.54. The van der Waals surface area contributed by atoms with Crippen molar-refractivity contribution in [3.05, 3.63) is 29.5 Å². The summed E-state index contributed by atoms with van der Waals surface area (Å²) in [6, 6.07) is 5.64. The van der Waals surface area contributed by atoms with Gasteiger partial charge >= 0.3 is 0 Å². The number of benzene rings is 1. The smallest absolute Gasteiger partial charge is 0.231 e. The molecule has 1 aromatic carbocycles. The van der Waals surface area contributed by atoms with Crippen molar-refractivity contribution in [2.75, 3.05) is 0 Å². The molecule has 2 heterocycles. The summed E-state index contributed by atoms with van der Waals surface area (Å²) >= 11 is 0. The minimum absolute atomic E-state index is 0. The first-order chi connectivity index (χ1) is 10.7. The molecule has 1 aromatic heterocycles. The first-order valence-electron chi connectivity index (χ1n) is 8.30. The lowest BCUT2D eigenvalue weighted by Crippen LogP contribution is -2.47. The highest BCUT2D eigenvalue weighted by atomic mass is 35.5. The van der Waals surface area contributed by atoms with E-state index in [1.807, 2.05) is 16.7 Å². The molecular weight excluding hydrogens is 312 g/mol. The Morgan fingerprint density at radius 3 is 2.87 bits per heavy atom. The van der Waals surface area contributed by atoms with E-state index in [-0.39, 0.29) is 30.1 Å². The Morgan fingerprint density at radius 1 is 1.22 bits per heavy atom. The van der Waals surface area contributed by atoms with Crippen molar-refractivity contribution in [3.63, 3.8) is 0 Å². The monoisotopic (exact) mass is 332 g/mol. The third-order valence-electron chi connectivity index (χ3n) is 6.19. The third-order valence-corrected chi connectivity index (χ3v) is 6.19. The van der Waals surface area contributed by atoms with E-state index in [2.05, 4.69) is 0 Å². The van der Waals surface area contributed by atoms with Gasteiger partial charge in [0.05, 0.1) is 5.52 Å². The molecule has 1 aliphatic heterocycles. The lowest BCUT2D eigenvalue weighted by Gasteiger charge is -2.47. The maximum absolute atomic E-state index is 12.7. The molecule has 23 heavy (non-hydrogen) atoms. The summed E-state index contributed by atoms with van der Waals surface area (Å²) < 4.78 is 1.90. The molecule has 5 rings (SSSR count). The number of hydrogen-bond acceptors (Lipinski definition) is 3. The van der Waals surface area contributed by atoms with Gasteiger partial charge in [-0.15, -0.1) is 12.4 Å². The van der Waals surface area contributed by atoms with Gasteiger partial charge in [0, 0.05) is 29.5 Å². The number of fused-ring (bicyclic) bond motifs is 3. The second-order valence-corrected chi connectivity index (χ2v) is 7.22. The van der Waals surface area contributed by atoms with Gasteiger partial charge in [0.15, 0.2) is 0 Å². The normalized spacial score (nSPS) is 31.6. The van der Waals surface area contributed by atoms with Crippen molar-refractivity contribution in [3.8, 4) is 5.75 Å². The molecule has 1 saturated carbocycles. The molecule has 4 atom stereocenters. The second kappa shape index (κ2) is 4.99. The number of aromatic hydroxyl groups is 1. The van der Waals surface area contributed by atoms with Crippen LogP contribution < -0.4 is 5.73 Å². The van der Waals surface area contributed by atoms with Gasteiger partial charge in [-0.05, 0) is 48.8 Å². The van der Waals surface area contributed by atoms with Crippen LogP contribution >= 0.6 is 12.4 Å². The Bertz CT molecular complexity index is 813. The van der Waals surface area contributed by atoms with Crippen LogP contribution in [0, 0.1) is 11.8 Å². The van der Waals surface area contributed by atoms with E-state index in [4.69, 9.17) is 5.73 Å². The molecule has 0 saturated heterocycles. The zero-order valence-corrected chi connectivity index (χ0v) is 13.7. The Labute approximate surface area is 141 Å². The topological polar surface area (TPSA) is 68.2 Å². The average Bonchev–Trinajstić information content (AvgIpc) is 2.84. The molecule has 122 valence electrons. The Kier molecular flexibility index (Phi) is 3.26. The van der Waals surface area contributed by atoms with E-state index in [1.165, 1.54) is 18.5 Å². The van der Waals surface area contributed by atoms with Crippen LogP contribution in [0.1, 0.15) is 47.7 Å². The molecule has 4 nitrogen and oxygen atoms in total. The maximum atomic E-state index is 12.7. The van der Waals surface area contributed by atoms with Crippen LogP contribution in [0.5, 0.6) is 5.75 Å². The fourth-order valence-corrected chi connectivity index (χ4v) is 5.40. The second-order valence-electron chi connectivity index (χ2n) is 7.22. The molecule has 0 radical (unpaired) electrons. The number of nitrogens with zero attached hydrogens (tertiary/aromatic N) is 1. The van der Waals surface area contributed by atoms with Crippen molar-refractivity contribution in [1.29, 1.82) is 0 Å². The molecule has 1 fully saturated rings. The SMILES string of the molecule is Cl.N[C@@H]1Cc2c3n(c4cccc(O)c24)C(=O)C[C@H]2CCC[C@@H]1[C@@H]32. The van der Waals surface area contributed by atoms with Crippen molar-refractivity contribution < 1.29 is 9.90 Å². The van der Waals surface area contributed by atoms with Crippen LogP contribution in [-0.4, -0.2) is 21.6 Å². The molecule has 3 N–H and O–H groups in total. The lowest BCUT2D eigenvalue weighted by atomic mass is 9.61. The molecule has 0 bridgehead atoms.